The minimum absolute atomic E-state index is 0.317. The molecular weight excluding hydrogens is 290 g/mol. The van der Waals surface area contributed by atoms with Crippen molar-refractivity contribution in [3.05, 3.63) is 34.3 Å². The molecule has 0 spiro atoms. The van der Waals surface area contributed by atoms with Gasteiger partial charge >= 0.3 is 0 Å². The molecule has 18 heavy (non-hydrogen) atoms. The predicted octanol–water partition coefficient (Wildman–Crippen LogP) is 3.40. The van der Waals surface area contributed by atoms with Crippen molar-refractivity contribution in [2.24, 2.45) is 5.92 Å². The van der Waals surface area contributed by atoms with Crippen LogP contribution in [0, 0.1) is 5.92 Å². The maximum absolute atomic E-state index is 10.8. The van der Waals surface area contributed by atoms with Crippen molar-refractivity contribution in [2.45, 2.75) is 43.7 Å². The molecule has 3 heteroatoms. The van der Waals surface area contributed by atoms with Crippen molar-refractivity contribution in [3.8, 4) is 0 Å². The minimum Gasteiger partial charge on any atom is -0.389 e. The Morgan fingerprint density at radius 1 is 1.17 bits per heavy atom. The van der Waals surface area contributed by atoms with Crippen molar-refractivity contribution < 1.29 is 5.11 Å². The highest BCUT2D eigenvalue weighted by Crippen LogP contribution is 2.45. The Kier molecular flexibility index (Phi) is 3.48. The fourth-order valence-electron chi connectivity index (χ4n) is 3.64. The van der Waals surface area contributed by atoms with Crippen LogP contribution in [0.1, 0.15) is 43.7 Å². The molecule has 0 aromatic heterocycles. The van der Waals surface area contributed by atoms with Gasteiger partial charge in [0.2, 0.25) is 0 Å². The summed E-state index contributed by atoms with van der Waals surface area (Å²) in [6.45, 7) is 0.924. The molecule has 1 saturated carbocycles. The molecule has 0 bridgehead atoms. The summed E-state index contributed by atoms with van der Waals surface area (Å²) < 4.78 is 1.11. The van der Waals surface area contributed by atoms with Gasteiger partial charge in [0.15, 0.2) is 0 Å². The van der Waals surface area contributed by atoms with E-state index in [1.54, 1.807) is 0 Å². The zero-order chi connectivity index (χ0) is 12.6. The lowest BCUT2D eigenvalue weighted by atomic mass is 9.67. The van der Waals surface area contributed by atoms with Crippen molar-refractivity contribution in [1.29, 1.82) is 0 Å². The van der Waals surface area contributed by atoms with E-state index in [-0.39, 0.29) is 0 Å². The first-order valence-electron chi connectivity index (χ1n) is 6.90. The molecule has 98 valence electrons. The number of aliphatic hydroxyl groups is 1. The number of nitrogens with one attached hydrogen (secondary N) is 1. The van der Waals surface area contributed by atoms with Gasteiger partial charge in [-0.05, 0) is 43.5 Å². The molecule has 2 aliphatic rings. The van der Waals surface area contributed by atoms with Gasteiger partial charge in [0.05, 0.1) is 5.60 Å². The second-order valence-corrected chi connectivity index (χ2v) is 6.60. The first-order chi connectivity index (χ1) is 8.69. The summed E-state index contributed by atoms with van der Waals surface area (Å²) in [5.74, 6) is 0.376. The molecule has 2 N–H and O–H groups in total. The Labute approximate surface area is 117 Å². The van der Waals surface area contributed by atoms with Gasteiger partial charge in [-0.1, -0.05) is 40.9 Å². The number of piperidine rings is 1. The van der Waals surface area contributed by atoms with Crippen molar-refractivity contribution in [2.75, 3.05) is 6.54 Å². The molecule has 1 aliphatic carbocycles. The Hall–Kier alpha value is -0.380. The molecule has 1 heterocycles. The molecule has 0 unspecified atom stereocenters. The van der Waals surface area contributed by atoms with Crippen LogP contribution in [0.4, 0.5) is 0 Å². The molecule has 1 aliphatic heterocycles. The van der Waals surface area contributed by atoms with E-state index in [0.29, 0.717) is 12.0 Å². The third-order valence-corrected chi connectivity index (χ3v) is 5.15. The maximum atomic E-state index is 10.8. The molecule has 3 rings (SSSR count). The zero-order valence-corrected chi connectivity index (χ0v) is 12.1. The standard InChI is InChI=1S/C15H20BrNO/c16-12-6-4-11(5-7-12)14-13-3-1-2-8-15(13,18)9-10-17-14/h4-7,13-14,17-18H,1-3,8-10H2/t13-,14+,15+/m1/s1. The van der Waals surface area contributed by atoms with Gasteiger partial charge in [-0.3, -0.25) is 0 Å². The number of rotatable bonds is 1. The van der Waals surface area contributed by atoms with Gasteiger partial charge in [0, 0.05) is 16.4 Å². The van der Waals surface area contributed by atoms with E-state index in [2.05, 4.69) is 45.5 Å². The highest BCUT2D eigenvalue weighted by atomic mass is 79.9. The van der Waals surface area contributed by atoms with Crippen LogP contribution in [0.25, 0.3) is 0 Å². The minimum atomic E-state index is -0.429. The number of hydrogen-bond acceptors (Lipinski definition) is 2. The number of fused-ring (bicyclic) bond motifs is 1. The summed E-state index contributed by atoms with van der Waals surface area (Å²) in [5, 5.41) is 14.4. The van der Waals surface area contributed by atoms with E-state index in [1.807, 2.05) is 0 Å². The third-order valence-electron chi connectivity index (χ3n) is 4.62. The second kappa shape index (κ2) is 4.95. The highest BCUT2D eigenvalue weighted by molar-refractivity contribution is 9.10. The lowest BCUT2D eigenvalue weighted by Crippen LogP contribution is -2.53. The van der Waals surface area contributed by atoms with Gasteiger partial charge in [-0.2, -0.15) is 0 Å². The molecule has 1 aromatic rings. The summed E-state index contributed by atoms with van der Waals surface area (Å²) in [7, 11) is 0. The van der Waals surface area contributed by atoms with Crippen LogP contribution < -0.4 is 5.32 Å². The van der Waals surface area contributed by atoms with Gasteiger partial charge in [0.1, 0.15) is 0 Å². The third kappa shape index (κ3) is 2.24. The van der Waals surface area contributed by atoms with Crippen molar-refractivity contribution in [1.82, 2.24) is 5.32 Å². The average Bonchev–Trinajstić information content (AvgIpc) is 2.38. The van der Waals surface area contributed by atoms with Crippen LogP contribution >= 0.6 is 15.9 Å². The smallest absolute Gasteiger partial charge is 0.0706 e. The first-order valence-corrected chi connectivity index (χ1v) is 7.70. The van der Waals surface area contributed by atoms with Gasteiger partial charge in [0.25, 0.3) is 0 Å². The van der Waals surface area contributed by atoms with E-state index in [0.717, 1.165) is 30.3 Å². The topological polar surface area (TPSA) is 32.3 Å². The van der Waals surface area contributed by atoms with Crippen molar-refractivity contribution in [3.63, 3.8) is 0 Å². The number of benzene rings is 1. The van der Waals surface area contributed by atoms with Gasteiger partial charge in [-0.15, -0.1) is 0 Å². The molecule has 2 fully saturated rings. The molecule has 3 atom stereocenters. The van der Waals surface area contributed by atoms with Crippen LogP contribution in [0.5, 0.6) is 0 Å². The van der Waals surface area contributed by atoms with E-state index in [1.165, 1.54) is 18.4 Å². The van der Waals surface area contributed by atoms with E-state index in [9.17, 15) is 5.11 Å². The van der Waals surface area contributed by atoms with Gasteiger partial charge < -0.3 is 10.4 Å². The van der Waals surface area contributed by atoms with Crippen LogP contribution in [0.15, 0.2) is 28.7 Å². The fourth-order valence-corrected chi connectivity index (χ4v) is 3.91. The van der Waals surface area contributed by atoms with E-state index >= 15 is 0 Å². The highest BCUT2D eigenvalue weighted by Gasteiger charge is 2.45. The first kappa shape index (κ1) is 12.6. The summed E-state index contributed by atoms with van der Waals surface area (Å²) in [5.41, 5.74) is 0.879. The Morgan fingerprint density at radius 3 is 2.72 bits per heavy atom. The number of hydrogen-bond donors (Lipinski definition) is 2. The zero-order valence-electron chi connectivity index (χ0n) is 10.5. The lowest BCUT2D eigenvalue weighted by molar-refractivity contribution is -0.0861. The molecule has 1 saturated heterocycles. The van der Waals surface area contributed by atoms with Crippen LogP contribution in [-0.2, 0) is 0 Å². The summed E-state index contributed by atoms with van der Waals surface area (Å²) in [6.07, 6.45) is 5.46. The van der Waals surface area contributed by atoms with E-state index in [4.69, 9.17) is 0 Å². The molecule has 0 amide bonds. The predicted molar refractivity (Wildman–Crippen MR) is 76.4 cm³/mol. The average molecular weight is 310 g/mol. The van der Waals surface area contributed by atoms with Crippen LogP contribution in [0.3, 0.4) is 0 Å². The summed E-state index contributed by atoms with van der Waals surface area (Å²) in [4.78, 5) is 0. The Bertz CT molecular complexity index is 415. The Morgan fingerprint density at radius 2 is 1.94 bits per heavy atom. The summed E-state index contributed by atoms with van der Waals surface area (Å²) in [6, 6.07) is 8.84. The second-order valence-electron chi connectivity index (χ2n) is 5.69. The van der Waals surface area contributed by atoms with Gasteiger partial charge in [-0.25, -0.2) is 0 Å². The lowest BCUT2D eigenvalue weighted by Gasteiger charge is -2.48. The monoisotopic (exact) mass is 309 g/mol. The largest absolute Gasteiger partial charge is 0.389 e. The SMILES string of the molecule is O[C@]12CCCC[C@@H]1[C@H](c1ccc(Br)cc1)NCC2. The normalized spacial score (nSPS) is 36.1. The summed E-state index contributed by atoms with van der Waals surface area (Å²) >= 11 is 3.48. The molecular formula is C15H20BrNO. The molecule has 1 aromatic carbocycles. The van der Waals surface area contributed by atoms with Crippen molar-refractivity contribution >= 4 is 15.9 Å². The van der Waals surface area contributed by atoms with E-state index < -0.39 is 5.60 Å². The fraction of sp³-hybridized carbons (Fsp3) is 0.600. The molecule has 2 nitrogen and oxygen atoms in total. The molecule has 0 radical (unpaired) electrons. The number of halogens is 1. The van der Waals surface area contributed by atoms with Crippen LogP contribution in [-0.4, -0.2) is 17.3 Å². The van der Waals surface area contributed by atoms with Crippen LogP contribution in [0.2, 0.25) is 0 Å². The quantitative estimate of drug-likeness (QED) is 0.833. The maximum Gasteiger partial charge on any atom is 0.0706 e. The Balaban J connectivity index is 1.88.